The summed E-state index contributed by atoms with van der Waals surface area (Å²) in [6.45, 7) is 0. The molecular formula is C18H10N2O2S. The number of nitrogens with zero attached hydrogens (tertiary/aromatic N) is 2. The summed E-state index contributed by atoms with van der Waals surface area (Å²) in [6.07, 6.45) is 3.12. The average Bonchev–Trinajstić information content (AvgIpc) is 2.90. The Bertz CT molecular complexity index is 935. The maximum atomic E-state index is 12.7. The van der Waals surface area contributed by atoms with Crippen LogP contribution in [0.25, 0.3) is 9.81 Å². The molecule has 1 heterocycles. The van der Waals surface area contributed by atoms with Gasteiger partial charge in [-0.15, -0.1) is 0 Å². The van der Waals surface area contributed by atoms with Gasteiger partial charge in [0.15, 0.2) is 0 Å². The van der Waals surface area contributed by atoms with E-state index < -0.39 is 9.84 Å². The quantitative estimate of drug-likeness (QED) is 0.851. The second kappa shape index (κ2) is 5.57. The Morgan fingerprint density at radius 3 is 1.30 bits per heavy atom. The number of allylic oxidation sites excluding steroid dienone is 2. The third-order valence-corrected chi connectivity index (χ3v) is 5.46. The van der Waals surface area contributed by atoms with Crippen LogP contribution in [0.3, 0.4) is 0 Å². The Kier molecular flexibility index (Phi) is 3.57. The van der Waals surface area contributed by atoms with Crippen LogP contribution < -0.4 is 0 Å². The second-order valence-corrected chi connectivity index (χ2v) is 6.83. The van der Waals surface area contributed by atoms with E-state index in [1.165, 1.54) is 0 Å². The van der Waals surface area contributed by atoms with Crippen LogP contribution in [0.2, 0.25) is 0 Å². The van der Waals surface area contributed by atoms with Crippen molar-refractivity contribution in [3.8, 4) is 12.1 Å². The molecule has 0 saturated heterocycles. The molecule has 0 spiro atoms. The summed E-state index contributed by atoms with van der Waals surface area (Å²) >= 11 is 0. The van der Waals surface area contributed by atoms with Gasteiger partial charge in [0.25, 0.3) is 0 Å². The fourth-order valence-corrected chi connectivity index (χ4v) is 3.99. The van der Waals surface area contributed by atoms with Crippen molar-refractivity contribution in [2.45, 2.75) is 0 Å². The van der Waals surface area contributed by atoms with Crippen LogP contribution in [0.5, 0.6) is 0 Å². The molecule has 5 heteroatoms. The van der Waals surface area contributed by atoms with Crippen molar-refractivity contribution >= 4 is 19.6 Å². The van der Waals surface area contributed by atoms with Crippen molar-refractivity contribution in [1.29, 1.82) is 10.5 Å². The standard InChI is InChI=1S/C18H10N2O2S/c19-11-13-1-5-15(6-2-13)17-9-10-18(23(17,21)22)16-7-3-14(12-20)4-8-16/h1-10H. The van der Waals surface area contributed by atoms with E-state index in [1.807, 2.05) is 12.1 Å². The molecule has 0 radical (unpaired) electrons. The summed E-state index contributed by atoms with van der Waals surface area (Å²) in [5.74, 6) is 0. The molecule has 0 aromatic heterocycles. The monoisotopic (exact) mass is 318 g/mol. The lowest BCUT2D eigenvalue weighted by Gasteiger charge is -2.08. The van der Waals surface area contributed by atoms with Crippen LogP contribution in [-0.2, 0) is 9.84 Å². The van der Waals surface area contributed by atoms with Crippen molar-refractivity contribution in [3.63, 3.8) is 0 Å². The van der Waals surface area contributed by atoms with Gasteiger partial charge in [-0.05, 0) is 47.5 Å². The Morgan fingerprint density at radius 1 is 0.652 bits per heavy atom. The molecular weight excluding hydrogens is 308 g/mol. The molecule has 1 aliphatic heterocycles. The summed E-state index contributed by atoms with van der Waals surface area (Å²) in [7, 11) is -3.62. The van der Waals surface area contributed by atoms with E-state index in [0.717, 1.165) is 0 Å². The summed E-state index contributed by atoms with van der Waals surface area (Å²) in [5, 5.41) is 17.6. The summed E-state index contributed by atoms with van der Waals surface area (Å²) < 4.78 is 25.5. The van der Waals surface area contributed by atoms with Gasteiger partial charge in [0, 0.05) is 0 Å². The van der Waals surface area contributed by atoms with Gasteiger partial charge in [0.1, 0.15) is 0 Å². The molecule has 0 N–H and O–H groups in total. The summed E-state index contributed by atoms with van der Waals surface area (Å²) in [5.41, 5.74) is 2.04. The minimum Gasteiger partial charge on any atom is -0.218 e. The summed E-state index contributed by atoms with van der Waals surface area (Å²) in [6, 6.07) is 16.9. The lowest BCUT2D eigenvalue weighted by molar-refractivity contribution is 0.615. The molecule has 4 nitrogen and oxygen atoms in total. The first-order valence-corrected chi connectivity index (χ1v) is 8.23. The zero-order valence-corrected chi connectivity index (χ0v) is 12.7. The van der Waals surface area contributed by atoms with E-state index in [2.05, 4.69) is 0 Å². The van der Waals surface area contributed by atoms with Crippen molar-refractivity contribution in [1.82, 2.24) is 0 Å². The largest absolute Gasteiger partial charge is 0.218 e. The van der Waals surface area contributed by atoms with Crippen LogP contribution in [0.1, 0.15) is 22.3 Å². The molecule has 0 bridgehead atoms. The van der Waals surface area contributed by atoms with Gasteiger partial charge >= 0.3 is 0 Å². The number of rotatable bonds is 2. The fourth-order valence-electron chi connectivity index (χ4n) is 2.37. The Labute approximate surface area is 134 Å². The molecule has 0 fully saturated rings. The molecule has 2 aromatic rings. The molecule has 3 rings (SSSR count). The third kappa shape index (κ3) is 2.55. The van der Waals surface area contributed by atoms with Gasteiger partial charge in [-0.1, -0.05) is 24.3 Å². The maximum Gasteiger partial charge on any atom is 0.207 e. The molecule has 23 heavy (non-hydrogen) atoms. The second-order valence-electron chi connectivity index (χ2n) is 4.94. The first-order chi connectivity index (χ1) is 11.1. The van der Waals surface area contributed by atoms with E-state index in [4.69, 9.17) is 10.5 Å². The predicted octanol–water partition coefficient (Wildman–Crippen LogP) is 3.24. The van der Waals surface area contributed by atoms with E-state index in [-0.39, 0.29) is 9.81 Å². The highest BCUT2D eigenvalue weighted by Crippen LogP contribution is 2.37. The molecule has 0 unspecified atom stereocenters. The zero-order chi connectivity index (χ0) is 16.4. The van der Waals surface area contributed by atoms with Crippen molar-refractivity contribution in [2.75, 3.05) is 0 Å². The average molecular weight is 318 g/mol. The van der Waals surface area contributed by atoms with Crippen LogP contribution in [0.4, 0.5) is 0 Å². The van der Waals surface area contributed by atoms with E-state index in [1.54, 1.807) is 60.7 Å². The molecule has 0 amide bonds. The SMILES string of the molecule is N#Cc1ccc(C2=CC=C(c3ccc(C#N)cc3)S2(=O)=O)cc1. The number of sulfone groups is 1. The highest BCUT2D eigenvalue weighted by Gasteiger charge is 2.29. The number of hydrogen-bond donors (Lipinski definition) is 0. The van der Waals surface area contributed by atoms with Crippen LogP contribution >= 0.6 is 0 Å². The number of benzene rings is 2. The zero-order valence-electron chi connectivity index (χ0n) is 11.9. The van der Waals surface area contributed by atoms with Gasteiger partial charge in [-0.3, -0.25) is 0 Å². The van der Waals surface area contributed by atoms with Crippen LogP contribution in [0.15, 0.2) is 60.7 Å². The highest BCUT2D eigenvalue weighted by atomic mass is 32.2. The Balaban J connectivity index is 1.97. The van der Waals surface area contributed by atoms with Crippen molar-refractivity contribution in [3.05, 3.63) is 82.9 Å². The predicted molar refractivity (Wildman–Crippen MR) is 87.2 cm³/mol. The van der Waals surface area contributed by atoms with Gasteiger partial charge in [0.2, 0.25) is 9.84 Å². The van der Waals surface area contributed by atoms with Crippen molar-refractivity contribution in [2.24, 2.45) is 0 Å². The third-order valence-electron chi connectivity index (χ3n) is 3.56. The van der Waals surface area contributed by atoms with Gasteiger partial charge in [-0.2, -0.15) is 10.5 Å². The van der Waals surface area contributed by atoms with Crippen molar-refractivity contribution < 1.29 is 8.42 Å². The van der Waals surface area contributed by atoms with E-state index in [9.17, 15) is 8.42 Å². The highest BCUT2D eigenvalue weighted by molar-refractivity contribution is 8.09. The van der Waals surface area contributed by atoms with Crippen LogP contribution in [-0.4, -0.2) is 8.42 Å². The van der Waals surface area contributed by atoms with E-state index >= 15 is 0 Å². The van der Waals surface area contributed by atoms with Gasteiger partial charge in [0.05, 0.1) is 33.1 Å². The molecule has 1 aliphatic rings. The molecule has 0 atom stereocenters. The first-order valence-electron chi connectivity index (χ1n) is 6.74. The first kappa shape index (κ1) is 14.8. The topological polar surface area (TPSA) is 81.7 Å². The minimum absolute atomic E-state index is 0.210. The lowest BCUT2D eigenvalue weighted by atomic mass is 10.1. The molecule has 110 valence electrons. The minimum atomic E-state index is -3.62. The van der Waals surface area contributed by atoms with Crippen LogP contribution in [0, 0.1) is 22.7 Å². The normalized spacial score (nSPS) is 15.2. The number of hydrogen-bond acceptors (Lipinski definition) is 4. The smallest absolute Gasteiger partial charge is 0.207 e. The molecule has 0 saturated carbocycles. The Hall–Kier alpha value is -3.15. The van der Waals surface area contributed by atoms with Gasteiger partial charge in [-0.25, -0.2) is 8.42 Å². The molecule has 2 aromatic carbocycles. The van der Waals surface area contributed by atoms with E-state index in [0.29, 0.717) is 22.3 Å². The lowest BCUT2D eigenvalue weighted by Crippen LogP contribution is -2.02. The fraction of sp³-hybridized carbons (Fsp3) is 0. The summed E-state index contributed by atoms with van der Waals surface area (Å²) in [4.78, 5) is 0.419. The van der Waals surface area contributed by atoms with Gasteiger partial charge < -0.3 is 0 Å². The molecule has 0 aliphatic carbocycles. The number of nitriles is 2. The maximum absolute atomic E-state index is 12.7. The Morgan fingerprint density at radius 2 is 1.00 bits per heavy atom.